The smallest absolute Gasteiger partial charge is 0.435 e. The maximum absolute atomic E-state index is 13.1. The number of ether oxygens (including phenoxy) is 1. The molecule has 0 atom stereocenters. The Labute approximate surface area is 136 Å². The maximum atomic E-state index is 13.1. The van der Waals surface area contributed by atoms with Crippen LogP contribution in [0.4, 0.5) is 13.2 Å². The van der Waals surface area contributed by atoms with E-state index in [1.165, 1.54) is 18.0 Å². The minimum Gasteiger partial charge on any atom is -0.496 e. The molecule has 0 radical (unpaired) electrons. The van der Waals surface area contributed by atoms with Gasteiger partial charge in [-0.1, -0.05) is 11.6 Å². The van der Waals surface area contributed by atoms with Crippen LogP contribution in [0.2, 0.25) is 5.02 Å². The summed E-state index contributed by atoms with van der Waals surface area (Å²) >= 11 is 5.92. The number of aliphatic hydroxyl groups excluding tert-OH is 1. The molecule has 126 valence electrons. The van der Waals surface area contributed by atoms with Crippen LogP contribution >= 0.6 is 11.6 Å². The van der Waals surface area contributed by atoms with E-state index >= 15 is 0 Å². The lowest BCUT2D eigenvalue weighted by Gasteiger charge is -2.09. The molecule has 0 bridgehead atoms. The topological polar surface area (TPSA) is 47.3 Å². The molecular weight excluding hydrogens is 333 g/mol. The van der Waals surface area contributed by atoms with E-state index in [9.17, 15) is 13.2 Å². The van der Waals surface area contributed by atoms with Crippen molar-refractivity contribution in [3.8, 4) is 5.75 Å². The van der Waals surface area contributed by atoms with E-state index in [-0.39, 0.29) is 31.6 Å². The van der Waals surface area contributed by atoms with Gasteiger partial charge in [0, 0.05) is 29.0 Å². The van der Waals surface area contributed by atoms with Crippen molar-refractivity contribution >= 4 is 11.6 Å². The summed E-state index contributed by atoms with van der Waals surface area (Å²) in [6.45, 7) is -0.0729. The number of alkyl halides is 3. The second kappa shape index (κ2) is 7.23. The van der Waals surface area contributed by atoms with Crippen molar-refractivity contribution in [1.82, 2.24) is 9.78 Å². The first kappa shape index (κ1) is 17.6. The SMILES string of the molecule is COc1ccc(Cl)cc1Cn1cc(CCCO)c(C(F)(F)F)n1. The molecule has 0 aliphatic heterocycles. The van der Waals surface area contributed by atoms with Gasteiger partial charge in [0.25, 0.3) is 0 Å². The van der Waals surface area contributed by atoms with Crippen molar-refractivity contribution in [1.29, 1.82) is 0 Å². The van der Waals surface area contributed by atoms with Crippen molar-refractivity contribution in [2.75, 3.05) is 13.7 Å². The van der Waals surface area contributed by atoms with E-state index < -0.39 is 11.9 Å². The normalized spacial score (nSPS) is 11.7. The fourth-order valence-corrected chi connectivity index (χ4v) is 2.47. The number of hydrogen-bond acceptors (Lipinski definition) is 3. The number of methoxy groups -OCH3 is 1. The third kappa shape index (κ3) is 4.39. The van der Waals surface area contributed by atoms with Gasteiger partial charge in [-0.25, -0.2) is 0 Å². The number of nitrogens with zero attached hydrogens (tertiary/aromatic N) is 2. The van der Waals surface area contributed by atoms with Crippen LogP contribution in [0.1, 0.15) is 23.2 Å². The Morgan fingerprint density at radius 3 is 2.65 bits per heavy atom. The number of aryl methyl sites for hydroxylation is 1. The van der Waals surface area contributed by atoms with Gasteiger partial charge in [0.05, 0.1) is 13.7 Å². The van der Waals surface area contributed by atoms with Crippen LogP contribution in [0, 0.1) is 0 Å². The monoisotopic (exact) mass is 348 g/mol. The molecule has 0 amide bonds. The molecule has 4 nitrogen and oxygen atoms in total. The van der Waals surface area contributed by atoms with Crippen LogP contribution in [0.3, 0.4) is 0 Å². The second-order valence-electron chi connectivity index (χ2n) is 4.98. The molecule has 1 N–H and O–H groups in total. The van der Waals surface area contributed by atoms with E-state index in [0.717, 1.165) is 0 Å². The van der Waals surface area contributed by atoms with Crippen LogP contribution in [-0.4, -0.2) is 28.6 Å². The maximum Gasteiger partial charge on any atom is 0.435 e. The highest BCUT2D eigenvalue weighted by Gasteiger charge is 2.36. The molecule has 1 heterocycles. The Morgan fingerprint density at radius 1 is 1.30 bits per heavy atom. The predicted molar refractivity (Wildman–Crippen MR) is 79.7 cm³/mol. The number of halogens is 4. The summed E-state index contributed by atoms with van der Waals surface area (Å²) in [6, 6.07) is 4.92. The van der Waals surface area contributed by atoms with Gasteiger partial charge < -0.3 is 9.84 Å². The largest absolute Gasteiger partial charge is 0.496 e. The van der Waals surface area contributed by atoms with Crippen molar-refractivity contribution in [3.63, 3.8) is 0 Å². The molecule has 0 spiro atoms. The molecule has 2 aromatic rings. The third-order valence-electron chi connectivity index (χ3n) is 3.28. The molecule has 8 heteroatoms. The van der Waals surface area contributed by atoms with E-state index in [1.54, 1.807) is 18.2 Å². The van der Waals surface area contributed by atoms with Crippen LogP contribution in [0.15, 0.2) is 24.4 Å². The second-order valence-corrected chi connectivity index (χ2v) is 5.42. The molecule has 0 unspecified atom stereocenters. The Kier molecular flexibility index (Phi) is 5.54. The van der Waals surface area contributed by atoms with E-state index in [0.29, 0.717) is 16.3 Å². The van der Waals surface area contributed by atoms with Gasteiger partial charge in [-0.05, 0) is 31.0 Å². The summed E-state index contributed by atoms with van der Waals surface area (Å²) in [5.41, 5.74) is -0.232. The highest BCUT2D eigenvalue weighted by molar-refractivity contribution is 6.30. The van der Waals surface area contributed by atoms with Gasteiger partial charge in [-0.2, -0.15) is 18.3 Å². The van der Waals surface area contributed by atoms with Crippen molar-refractivity contribution < 1.29 is 23.0 Å². The number of aliphatic hydroxyl groups is 1. The zero-order valence-electron chi connectivity index (χ0n) is 12.4. The first-order chi connectivity index (χ1) is 10.8. The van der Waals surface area contributed by atoms with Crippen LogP contribution in [-0.2, 0) is 19.1 Å². The Bertz CT molecular complexity index is 671. The van der Waals surface area contributed by atoms with E-state index in [1.807, 2.05) is 0 Å². The summed E-state index contributed by atoms with van der Waals surface area (Å²) in [7, 11) is 1.48. The summed E-state index contributed by atoms with van der Waals surface area (Å²) < 4.78 is 45.6. The Morgan fingerprint density at radius 2 is 2.04 bits per heavy atom. The Hall–Kier alpha value is -1.73. The van der Waals surface area contributed by atoms with Gasteiger partial charge in [-0.15, -0.1) is 0 Å². The lowest BCUT2D eigenvalue weighted by molar-refractivity contribution is -0.142. The highest BCUT2D eigenvalue weighted by atomic mass is 35.5. The average molecular weight is 349 g/mol. The average Bonchev–Trinajstić information content (AvgIpc) is 2.88. The first-order valence-electron chi connectivity index (χ1n) is 6.92. The molecule has 23 heavy (non-hydrogen) atoms. The van der Waals surface area contributed by atoms with Crippen LogP contribution in [0.25, 0.3) is 0 Å². The fourth-order valence-electron chi connectivity index (χ4n) is 2.28. The fraction of sp³-hybridized carbons (Fsp3) is 0.400. The number of benzene rings is 1. The number of aromatic nitrogens is 2. The van der Waals surface area contributed by atoms with Crippen molar-refractivity contribution in [2.45, 2.75) is 25.6 Å². The van der Waals surface area contributed by atoms with Crippen molar-refractivity contribution in [3.05, 3.63) is 46.2 Å². The minimum absolute atomic E-state index is 0.0625. The molecule has 0 saturated heterocycles. The number of hydrogen-bond donors (Lipinski definition) is 1. The van der Waals surface area contributed by atoms with Crippen molar-refractivity contribution in [2.24, 2.45) is 0 Å². The predicted octanol–water partition coefficient (Wildman–Crippen LogP) is 3.54. The van der Waals surface area contributed by atoms with E-state index in [2.05, 4.69) is 5.10 Å². The van der Waals surface area contributed by atoms with E-state index in [4.69, 9.17) is 21.4 Å². The lowest BCUT2D eigenvalue weighted by atomic mass is 10.1. The minimum atomic E-state index is -4.53. The highest BCUT2D eigenvalue weighted by Crippen LogP contribution is 2.32. The lowest BCUT2D eigenvalue weighted by Crippen LogP contribution is -2.10. The molecule has 0 fully saturated rings. The molecule has 1 aromatic heterocycles. The zero-order valence-corrected chi connectivity index (χ0v) is 13.2. The number of rotatable bonds is 6. The Balaban J connectivity index is 2.33. The molecule has 1 aromatic carbocycles. The first-order valence-corrected chi connectivity index (χ1v) is 7.29. The standard InChI is InChI=1S/C15H16ClF3N2O2/c1-23-13-5-4-12(16)7-11(13)9-21-8-10(3-2-6-22)14(20-21)15(17,18)19/h4-5,7-8,22H,2-3,6,9H2,1H3. The van der Waals surface area contributed by atoms with Gasteiger partial charge in [0.2, 0.25) is 0 Å². The summed E-state index contributed by atoms with van der Waals surface area (Å²) in [6.07, 6.45) is -2.83. The quantitative estimate of drug-likeness (QED) is 0.868. The molecular formula is C15H16ClF3N2O2. The van der Waals surface area contributed by atoms with Gasteiger partial charge in [-0.3, -0.25) is 4.68 Å². The van der Waals surface area contributed by atoms with Crippen LogP contribution < -0.4 is 4.74 Å². The molecule has 0 aliphatic carbocycles. The van der Waals surface area contributed by atoms with Gasteiger partial charge in [0.1, 0.15) is 5.75 Å². The molecule has 0 saturated carbocycles. The summed E-state index contributed by atoms with van der Waals surface area (Å²) in [5.74, 6) is 0.523. The van der Waals surface area contributed by atoms with Crippen LogP contribution in [0.5, 0.6) is 5.75 Å². The summed E-state index contributed by atoms with van der Waals surface area (Å²) in [4.78, 5) is 0. The van der Waals surface area contributed by atoms with Gasteiger partial charge >= 0.3 is 6.18 Å². The molecule has 0 aliphatic rings. The van der Waals surface area contributed by atoms with Gasteiger partial charge in [0.15, 0.2) is 5.69 Å². The zero-order chi connectivity index (χ0) is 17.0. The third-order valence-corrected chi connectivity index (χ3v) is 3.52. The summed E-state index contributed by atoms with van der Waals surface area (Å²) in [5, 5.41) is 12.9. The molecule has 2 rings (SSSR count).